The quantitative estimate of drug-likeness (QED) is 0.138. The first-order valence-corrected chi connectivity index (χ1v) is 22.6. The smallest absolute Gasteiger partial charge is 0.414 e. The first-order chi connectivity index (χ1) is 27.6. The molecule has 1 unspecified atom stereocenters. The molecule has 8 rings (SSSR count). The normalized spacial score (nSPS) is 22.2. The number of aryl methyl sites for hydroxylation is 1. The van der Waals surface area contributed by atoms with Crippen LogP contribution in [0.4, 0.5) is 16.2 Å². The van der Waals surface area contributed by atoms with Gasteiger partial charge in [-0.1, -0.05) is 85.0 Å². The van der Waals surface area contributed by atoms with E-state index in [9.17, 15) is 9.90 Å². The zero-order chi connectivity index (χ0) is 39.9. The van der Waals surface area contributed by atoms with Crippen molar-refractivity contribution >= 4 is 36.6 Å². The molecule has 4 heterocycles. The van der Waals surface area contributed by atoms with E-state index in [2.05, 4.69) is 42.5 Å². The van der Waals surface area contributed by atoms with Gasteiger partial charge in [0, 0.05) is 29.9 Å². The molecule has 4 aromatic carbocycles. The zero-order valence-corrected chi connectivity index (χ0v) is 34.0. The van der Waals surface area contributed by atoms with Gasteiger partial charge in [-0.3, -0.25) is 14.4 Å². The van der Waals surface area contributed by atoms with E-state index in [-0.39, 0.29) is 48.6 Å². The summed E-state index contributed by atoms with van der Waals surface area (Å²) in [7, 11) is 0.891. The lowest BCUT2D eigenvalue weighted by molar-refractivity contribution is -0.146. The zero-order valence-electron chi connectivity index (χ0n) is 33.0. The molecule has 1 N–H and O–H groups in total. The number of aliphatic hydroxyl groups is 1. The highest BCUT2D eigenvalue weighted by Crippen LogP contribution is 2.60. The molecule has 5 aromatic rings. The molecule has 1 aromatic heterocycles. The molecule has 2 saturated heterocycles. The summed E-state index contributed by atoms with van der Waals surface area (Å²) in [5.41, 5.74) is 3.57. The van der Waals surface area contributed by atoms with Crippen molar-refractivity contribution in [3.05, 3.63) is 126 Å². The lowest BCUT2D eigenvalue weighted by Gasteiger charge is -2.37. The van der Waals surface area contributed by atoms with Crippen molar-refractivity contribution in [1.29, 1.82) is 0 Å². The SMILES string of the molecule is COc1ccc([Si](C)(C)[C@@H]2[C@@H](CCn3cc(C(CO)c4ccccc4)nn3)O[C@]3(C(=O)N(Cc4cccc(N5CCOC5=O)c4)c4ccc(OC)cc43)[C@H]2C)cc1. The Morgan fingerprint density at radius 2 is 1.70 bits per heavy atom. The number of aromatic nitrogens is 3. The minimum absolute atomic E-state index is 0.0100. The summed E-state index contributed by atoms with van der Waals surface area (Å²) in [6.07, 6.45) is 1.80. The second-order valence-electron chi connectivity index (χ2n) is 15.7. The number of rotatable bonds is 13. The molecule has 13 heteroatoms. The summed E-state index contributed by atoms with van der Waals surface area (Å²) in [4.78, 5) is 31.2. The Balaban J connectivity index is 1.16. The van der Waals surface area contributed by atoms with E-state index in [4.69, 9.17) is 18.9 Å². The molecule has 5 atom stereocenters. The van der Waals surface area contributed by atoms with Crippen molar-refractivity contribution in [2.45, 2.75) is 62.7 Å². The number of ether oxygens (including phenoxy) is 4. The van der Waals surface area contributed by atoms with Crippen LogP contribution in [0.2, 0.25) is 18.6 Å². The minimum atomic E-state index is -2.41. The minimum Gasteiger partial charge on any atom is -0.497 e. The summed E-state index contributed by atoms with van der Waals surface area (Å²) in [5.74, 6) is 0.807. The van der Waals surface area contributed by atoms with Gasteiger partial charge in [0.05, 0.1) is 65.4 Å². The standard InChI is InChI=1S/C44H49N5O7Si/c1-29-41(57(4,5)35-17-14-33(53-2)15-18-35)40(20-21-47-27-38(45-46-47)36(28-50)31-11-7-6-8-12-31)56-44(29)37-25-34(54-3)16-19-39(37)49(42(44)51)26-30-10-9-13-32(24-30)48-22-23-55-43(48)52/h6-19,24-25,27,29,36,40-41,50H,20-23,26,28H2,1-5H3/t29-,36?,40+,41-,44+/m0/s1. The van der Waals surface area contributed by atoms with Gasteiger partial charge in [-0.2, -0.15) is 0 Å². The Hall–Kier alpha value is -5.50. The number of fused-ring (bicyclic) bond motifs is 2. The molecule has 0 saturated carbocycles. The maximum Gasteiger partial charge on any atom is 0.414 e. The molecule has 2 amide bonds. The first-order valence-electron chi connectivity index (χ1n) is 19.5. The number of benzene rings is 4. The molecular weight excluding hydrogens is 739 g/mol. The third-order valence-electron chi connectivity index (χ3n) is 12.3. The van der Waals surface area contributed by atoms with Crippen LogP contribution in [-0.2, 0) is 33.0 Å². The van der Waals surface area contributed by atoms with Crippen molar-refractivity contribution in [3.8, 4) is 11.5 Å². The summed E-state index contributed by atoms with van der Waals surface area (Å²) >= 11 is 0. The van der Waals surface area contributed by atoms with Crippen LogP contribution in [0.1, 0.15) is 41.6 Å². The van der Waals surface area contributed by atoms with Crippen molar-refractivity contribution in [1.82, 2.24) is 15.0 Å². The fourth-order valence-corrected chi connectivity index (χ4v) is 13.4. The maximum atomic E-state index is 15.4. The van der Waals surface area contributed by atoms with E-state index in [1.807, 2.05) is 101 Å². The number of aliphatic hydroxyl groups excluding tert-OH is 1. The van der Waals surface area contributed by atoms with Crippen LogP contribution in [0.25, 0.3) is 0 Å². The predicted molar refractivity (Wildman–Crippen MR) is 219 cm³/mol. The summed E-state index contributed by atoms with van der Waals surface area (Å²) in [5, 5.41) is 20.5. The van der Waals surface area contributed by atoms with Crippen LogP contribution in [0.5, 0.6) is 11.5 Å². The largest absolute Gasteiger partial charge is 0.497 e. The molecule has 2 fully saturated rings. The van der Waals surface area contributed by atoms with Gasteiger partial charge in [-0.05, 0) is 65.6 Å². The predicted octanol–water partition coefficient (Wildman–Crippen LogP) is 6.23. The number of methoxy groups -OCH3 is 2. The number of anilines is 2. The van der Waals surface area contributed by atoms with Gasteiger partial charge in [-0.15, -0.1) is 5.10 Å². The van der Waals surface area contributed by atoms with E-state index >= 15 is 4.79 Å². The van der Waals surface area contributed by atoms with Crippen LogP contribution in [-0.4, -0.2) is 80.3 Å². The average molecular weight is 788 g/mol. The molecule has 0 aliphatic carbocycles. The summed E-state index contributed by atoms with van der Waals surface area (Å²) in [6, 6.07) is 31.7. The van der Waals surface area contributed by atoms with Crippen LogP contribution in [0.3, 0.4) is 0 Å². The Bertz CT molecular complexity index is 2250. The molecular formula is C44H49N5O7Si. The second-order valence-corrected chi connectivity index (χ2v) is 20.4. The molecule has 1 spiro atoms. The third kappa shape index (κ3) is 6.77. The van der Waals surface area contributed by atoms with Gasteiger partial charge in [0.2, 0.25) is 0 Å². The van der Waals surface area contributed by atoms with Gasteiger partial charge in [0.1, 0.15) is 18.1 Å². The molecule has 296 valence electrons. The Morgan fingerprint density at radius 1 is 0.947 bits per heavy atom. The van der Waals surface area contributed by atoms with E-state index in [1.165, 1.54) is 5.19 Å². The molecule has 3 aliphatic heterocycles. The Labute approximate surface area is 333 Å². The highest BCUT2D eigenvalue weighted by molar-refractivity contribution is 6.91. The molecule has 57 heavy (non-hydrogen) atoms. The van der Waals surface area contributed by atoms with Crippen LogP contribution < -0.4 is 24.5 Å². The molecule has 12 nitrogen and oxygen atoms in total. The summed E-state index contributed by atoms with van der Waals surface area (Å²) < 4.78 is 25.7. The molecule has 0 bridgehead atoms. The van der Waals surface area contributed by atoms with Gasteiger partial charge in [-0.25, -0.2) is 4.79 Å². The Kier molecular flexibility index (Phi) is 10.4. The fraction of sp³-hybridized carbons (Fsp3) is 0.364. The topological polar surface area (TPSA) is 128 Å². The van der Waals surface area contributed by atoms with E-state index in [0.717, 1.165) is 33.8 Å². The lowest BCUT2D eigenvalue weighted by Crippen LogP contribution is -2.51. The van der Waals surface area contributed by atoms with Crippen molar-refractivity contribution in [3.63, 3.8) is 0 Å². The molecule has 3 aliphatic rings. The monoisotopic (exact) mass is 787 g/mol. The third-order valence-corrected chi connectivity index (χ3v) is 16.7. The number of hydrogen-bond acceptors (Lipinski definition) is 9. The van der Waals surface area contributed by atoms with E-state index < -0.39 is 13.7 Å². The van der Waals surface area contributed by atoms with Crippen LogP contribution >= 0.6 is 0 Å². The van der Waals surface area contributed by atoms with Crippen molar-refractivity contribution in [2.75, 3.05) is 43.8 Å². The number of hydrogen-bond donors (Lipinski definition) is 1. The lowest BCUT2D eigenvalue weighted by atomic mass is 9.82. The van der Waals surface area contributed by atoms with Gasteiger partial charge in [0.15, 0.2) is 5.60 Å². The maximum absolute atomic E-state index is 15.4. The first kappa shape index (κ1) is 38.4. The second kappa shape index (κ2) is 15.4. The van der Waals surface area contributed by atoms with Crippen molar-refractivity contribution < 1.29 is 33.6 Å². The highest BCUT2D eigenvalue weighted by Gasteiger charge is 2.66. The van der Waals surface area contributed by atoms with Crippen LogP contribution in [0.15, 0.2) is 103 Å². The molecule has 0 radical (unpaired) electrons. The van der Waals surface area contributed by atoms with Gasteiger partial charge < -0.3 is 29.0 Å². The van der Waals surface area contributed by atoms with E-state index in [0.29, 0.717) is 37.6 Å². The number of carbonyl (C=O) groups is 2. The number of carbonyl (C=O) groups excluding carboxylic acids is 2. The van der Waals surface area contributed by atoms with Crippen molar-refractivity contribution in [2.24, 2.45) is 5.92 Å². The fourth-order valence-electron chi connectivity index (χ4n) is 9.38. The van der Waals surface area contributed by atoms with Crippen LogP contribution in [0, 0.1) is 5.92 Å². The highest BCUT2D eigenvalue weighted by atomic mass is 28.3. The number of cyclic esters (lactones) is 1. The average Bonchev–Trinajstić information content (AvgIpc) is 4.01. The number of nitrogens with zero attached hydrogens (tertiary/aromatic N) is 5. The van der Waals surface area contributed by atoms with E-state index in [1.54, 1.807) is 19.1 Å². The Morgan fingerprint density at radius 3 is 2.40 bits per heavy atom. The van der Waals surface area contributed by atoms with Gasteiger partial charge >= 0.3 is 6.09 Å². The summed E-state index contributed by atoms with van der Waals surface area (Å²) in [6.45, 7) is 8.42. The van der Waals surface area contributed by atoms with Gasteiger partial charge in [0.25, 0.3) is 5.91 Å². The number of amides is 2.